The van der Waals surface area contributed by atoms with Crippen LogP contribution in [0.3, 0.4) is 0 Å². The molecule has 4 heteroatoms. The standard InChI is InChI=1S/C11H14Cl2N2/c1-3-4-11(13)15-14-10-6-5-8(2)7-9(10)12/h5-7,11H,3-4H2,1-2H3. The summed E-state index contributed by atoms with van der Waals surface area (Å²) in [5.74, 6) is 0. The number of nitrogens with zero attached hydrogens (tertiary/aromatic N) is 2. The maximum Gasteiger partial charge on any atom is 0.144 e. The number of alkyl halides is 1. The van der Waals surface area contributed by atoms with E-state index in [2.05, 4.69) is 17.2 Å². The molecule has 0 amide bonds. The quantitative estimate of drug-likeness (QED) is 0.400. The average molecular weight is 245 g/mol. The maximum absolute atomic E-state index is 5.99. The van der Waals surface area contributed by atoms with Crippen LogP contribution in [0.5, 0.6) is 0 Å². The Kier molecular flexibility index (Phi) is 5.06. The lowest BCUT2D eigenvalue weighted by Gasteiger charge is -2.01. The van der Waals surface area contributed by atoms with Crippen molar-refractivity contribution in [2.24, 2.45) is 10.2 Å². The van der Waals surface area contributed by atoms with E-state index in [1.165, 1.54) is 0 Å². The molecule has 1 aromatic rings. The summed E-state index contributed by atoms with van der Waals surface area (Å²) >= 11 is 11.9. The van der Waals surface area contributed by atoms with Crippen LogP contribution in [-0.2, 0) is 0 Å². The summed E-state index contributed by atoms with van der Waals surface area (Å²) in [6, 6.07) is 5.65. The van der Waals surface area contributed by atoms with E-state index in [-0.39, 0.29) is 5.50 Å². The first-order chi connectivity index (χ1) is 7.13. The summed E-state index contributed by atoms with van der Waals surface area (Å²) in [6.45, 7) is 4.04. The molecule has 0 aliphatic carbocycles. The van der Waals surface area contributed by atoms with Crippen LogP contribution in [0, 0.1) is 6.92 Å². The first-order valence-corrected chi connectivity index (χ1v) is 5.76. The van der Waals surface area contributed by atoms with Gasteiger partial charge in [-0.3, -0.25) is 0 Å². The molecule has 0 aromatic heterocycles. The van der Waals surface area contributed by atoms with E-state index < -0.39 is 0 Å². The van der Waals surface area contributed by atoms with E-state index >= 15 is 0 Å². The average Bonchev–Trinajstić information content (AvgIpc) is 2.17. The van der Waals surface area contributed by atoms with Crippen molar-refractivity contribution in [3.05, 3.63) is 28.8 Å². The van der Waals surface area contributed by atoms with E-state index in [1.54, 1.807) is 0 Å². The summed E-state index contributed by atoms with van der Waals surface area (Å²) in [6.07, 6.45) is 1.82. The Morgan fingerprint density at radius 2 is 2.13 bits per heavy atom. The predicted molar refractivity (Wildman–Crippen MR) is 65.3 cm³/mol. The van der Waals surface area contributed by atoms with Gasteiger partial charge in [0.2, 0.25) is 0 Å². The fraction of sp³-hybridized carbons (Fsp3) is 0.455. The van der Waals surface area contributed by atoms with Gasteiger partial charge in [-0.2, -0.15) is 10.2 Å². The topological polar surface area (TPSA) is 24.7 Å². The lowest BCUT2D eigenvalue weighted by molar-refractivity contribution is 0.729. The van der Waals surface area contributed by atoms with E-state index in [9.17, 15) is 0 Å². The van der Waals surface area contributed by atoms with Crippen molar-refractivity contribution in [2.75, 3.05) is 0 Å². The normalized spacial score (nSPS) is 13.3. The highest BCUT2D eigenvalue weighted by atomic mass is 35.5. The summed E-state index contributed by atoms with van der Waals surface area (Å²) in [7, 11) is 0. The molecule has 0 bridgehead atoms. The molecular weight excluding hydrogens is 231 g/mol. The van der Waals surface area contributed by atoms with Crippen molar-refractivity contribution in [2.45, 2.75) is 32.2 Å². The third-order valence-corrected chi connectivity index (χ3v) is 2.53. The molecule has 15 heavy (non-hydrogen) atoms. The minimum absolute atomic E-state index is 0.257. The number of halogens is 2. The van der Waals surface area contributed by atoms with Gasteiger partial charge in [0.1, 0.15) is 11.2 Å². The molecule has 1 unspecified atom stereocenters. The van der Waals surface area contributed by atoms with Gasteiger partial charge in [0.15, 0.2) is 0 Å². The van der Waals surface area contributed by atoms with Crippen LogP contribution >= 0.6 is 23.2 Å². The molecular formula is C11H14Cl2N2. The molecule has 82 valence electrons. The van der Waals surface area contributed by atoms with Crippen molar-refractivity contribution in [3.63, 3.8) is 0 Å². The molecule has 2 nitrogen and oxygen atoms in total. The molecule has 0 aliphatic rings. The molecule has 1 aromatic carbocycles. The summed E-state index contributed by atoms with van der Waals surface area (Å²) < 4.78 is 0. The Hall–Kier alpha value is -0.600. The van der Waals surface area contributed by atoms with Gasteiger partial charge in [-0.05, 0) is 31.0 Å². The second kappa shape index (κ2) is 6.09. The monoisotopic (exact) mass is 244 g/mol. The third kappa shape index (κ3) is 4.18. The fourth-order valence-electron chi connectivity index (χ4n) is 1.11. The molecule has 0 fully saturated rings. The minimum Gasteiger partial charge on any atom is -0.169 e. The second-order valence-corrected chi connectivity index (χ2v) is 4.30. The minimum atomic E-state index is -0.257. The van der Waals surface area contributed by atoms with Gasteiger partial charge in [-0.15, -0.1) is 0 Å². The van der Waals surface area contributed by atoms with Crippen LogP contribution < -0.4 is 0 Å². The molecule has 0 saturated heterocycles. The molecule has 0 spiro atoms. The smallest absolute Gasteiger partial charge is 0.144 e. The summed E-state index contributed by atoms with van der Waals surface area (Å²) in [4.78, 5) is 0. The van der Waals surface area contributed by atoms with Crippen molar-refractivity contribution in [1.82, 2.24) is 0 Å². The van der Waals surface area contributed by atoms with Crippen molar-refractivity contribution < 1.29 is 0 Å². The largest absolute Gasteiger partial charge is 0.169 e. The van der Waals surface area contributed by atoms with Crippen molar-refractivity contribution in [3.8, 4) is 0 Å². The highest BCUT2D eigenvalue weighted by Crippen LogP contribution is 2.26. The van der Waals surface area contributed by atoms with Gasteiger partial charge in [0, 0.05) is 0 Å². The molecule has 1 atom stereocenters. The van der Waals surface area contributed by atoms with E-state index in [0.717, 1.165) is 18.4 Å². The first kappa shape index (κ1) is 12.5. The highest BCUT2D eigenvalue weighted by Gasteiger charge is 2.01. The van der Waals surface area contributed by atoms with Gasteiger partial charge in [0.05, 0.1) is 5.02 Å². The highest BCUT2D eigenvalue weighted by molar-refractivity contribution is 6.33. The Labute approximate surface area is 100 Å². The van der Waals surface area contributed by atoms with Crippen molar-refractivity contribution in [1.29, 1.82) is 0 Å². The zero-order valence-electron chi connectivity index (χ0n) is 8.87. The first-order valence-electron chi connectivity index (χ1n) is 4.94. The summed E-state index contributed by atoms with van der Waals surface area (Å²) in [5.41, 5.74) is 1.52. The van der Waals surface area contributed by atoms with Crippen LogP contribution in [0.4, 0.5) is 5.69 Å². The number of benzene rings is 1. The number of hydrogen-bond acceptors (Lipinski definition) is 2. The van der Waals surface area contributed by atoms with E-state index in [4.69, 9.17) is 23.2 Å². The zero-order chi connectivity index (χ0) is 11.3. The Bertz CT molecular complexity index is 350. The van der Waals surface area contributed by atoms with Gasteiger partial charge < -0.3 is 0 Å². The lowest BCUT2D eigenvalue weighted by Crippen LogP contribution is -1.89. The van der Waals surface area contributed by atoms with Crippen molar-refractivity contribution >= 4 is 28.9 Å². The molecule has 0 saturated carbocycles. The zero-order valence-corrected chi connectivity index (χ0v) is 10.4. The van der Waals surface area contributed by atoms with E-state index in [0.29, 0.717) is 10.7 Å². The van der Waals surface area contributed by atoms with Crippen LogP contribution in [0.15, 0.2) is 28.4 Å². The van der Waals surface area contributed by atoms with Crippen LogP contribution in [-0.4, -0.2) is 5.50 Å². The number of hydrogen-bond donors (Lipinski definition) is 0. The van der Waals surface area contributed by atoms with Gasteiger partial charge in [-0.1, -0.05) is 42.6 Å². The Morgan fingerprint density at radius 3 is 2.73 bits per heavy atom. The molecule has 1 rings (SSSR count). The second-order valence-electron chi connectivity index (χ2n) is 3.39. The van der Waals surface area contributed by atoms with E-state index in [1.807, 2.05) is 25.1 Å². The fourth-order valence-corrected chi connectivity index (χ4v) is 1.65. The molecule has 0 aliphatic heterocycles. The molecule has 0 heterocycles. The Balaban J connectivity index is 2.72. The number of azo groups is 1. The Morgan fingerprint density at radius 1 is 1.40 bits per heavy atom. The van der Waals surface area contributed by atoms with Crippen LogP contribution in [0.2, 0.25) is 5.02 Å². The third-order valence-electron chi connectivity index (χ3n) is 1.92. The molecule has 0 N–H and O–H groups in total. The van der Waals surface area contributed by atoms with Crippen LogP contribution in [0.1, 0.15) is 25.3 Å². The lowest BCUT2D eigenvalue weighted by atomic mass is 10.2. The summed E-state index contributed by atoms with van der Waals surface area (Å²) in [5, 5.41) is 8.62. The predicted octanol–water partition coefficient (Wildman–Crippen LogP) is 5.10. The maximum atomic E-state index is 5.99. The molecule has 0 radical (unpaired) electrons. The van der Waals surface area contributed by atoms with Crippen LogP contribution in [0.25, 0.3) is 0 Å². The van der Waals surface area contributed by atoms with Gasteiger partial charge >= 0.3 is 0 Å². The van der Waals surface area contributed by atoms with Gasteiger partial charge in [-0.25, -0.2) is 0 Å². The number of aryl methyl sites for hydroxylation is 1. The number of rotatable bonds is 4. The van der Waals surface area contributed by atoms with Gasteiger partial charge in [0.25, 0.3) is 0 Å². The SMILES string of the molecule is CCCC(Cl)N=Nc1ccc(C)cc1Cl.